The summed E-state index contributed by atoms with van der Waals surface area (Å²) in [5.41, 5.74) is 0.274. The summed E-state index contributed by atoms with van der Waals surface area (Å²) in [4.78, 5) is 24.9. The number of amides is 1. The van der Waals surface area contributed by atoms with Gasteiger partial charge in [0.15, 0.2) is 0 Å². The Bertz CT molecular complexity index is 846. The highest BCUT2D eigenvalue weighted by Crippen LogP contribution is 2.49. The third kappa shape index (κ3) is 3.40. The number of hydrogen-bond acceptors (Lipinski definition) is 3. The summed E-state index contributed by atoms with van der Waals surface area (Å²) in [6.07, 6.45) is 0.459. The van der Waals surface area contributed by atoms with Crippen LogP contribution in [0, 0.1) is 24.5 Å². The Labute approximate surface area is 142 Å². The maximum atomic E-state index is 13.8. The SMILES string of the molecule is Cc1oc(CN(C)C(=O)[C@H]2C[C@H]2c2cc(F)ccc2F)cc1C(=O)O. The predicted octanol–water partition coefficient (Wildman–Crippen LogP) is 3.33. The normalized spacial score (nSPS) is 18.9. The van der Waals surface area contributed by atoms with Crippen LogP contribution in [0.4, 0.5) is 8.78 Å². The van der Waals surface area contributed by atoms with Gasteiger partial charge in [0.1, 0.15) is 28.7 Å². The van der Waals surface area contributed by atoms with Crippen LogP contribution in [0.1, 0.15) is 39.8 Å². The van der Waals surface area contributed by atoms with E-state index in [0.29, 0.717) is 12.2 Å². The fourth-order valence-electron chi connectivity index (χ4n) is 3.04. The zero-order valence-electron chi connectivity index (χ0n) is 13.8. The third-order valence-electron chi connectivity index (χ3n) is 4.43. The first kappa shape index (κ1) is 17.1. The molecule has 1 N–H and O–H groups in total. The predicted molar refractivity (Wildman–Crippen MR) is 84.1 cm³/mol. The average molecular weight is 349 g/mol. The standard InChI is InChI=1S/C18H17F2NO4/c1-9-12(18(23)24)6-11(25-9)8-21(2)17(22)15-7-13(15)14-5-10(19)3-4-16(14)20/h3-6,13,15H,7-8H2,1-2H3,(H,23,24)/t13-,15-/m0/s1. The van der Waals surface area contributed by atoms with Gasteiger partial charge in [0, 0.05) is 13.0 Å². The minimum Gasteiger partial charge on any atom is -0.478 e. The van der Waals surface area contributed by atoms with Gasteiger partial charge in [-0.15, -0.1) is 0 Å². The van der Waals surface area contributed by atoms with Crippen LogP contribution in [-0.4, -0.2) is 28.9 Å². The molecule has 1 saturated carbocycles. The van der Waals surface area contributed by atoms with Crippen molar-refractivity contribution in [2.75, 3.05) is 7.05 Å². The number of carbonyl (C=O) groups excluding carboxylic acids is 1. The lowest BCUT2D eigenvalue weighted by Crippen LogP contribution is -2.27. The summed E-state index contributed by atoms with van der Waals surface area (Å²) in [6.45, 7) is 1.65. The lowest BCUT2D eigenvalue weighted by atomic mass is 10.1. The number of carboxylic acid groups (broad SMARTS) is 1. The Morgan fingerprint density at radius 1 is 1.32 bits per heavy atom. The molecule has 2 atom stereocenters. The fraction of sp³-hybridized carbons (Fsp3) is 0.333. The number of nitrogens with zero attached hydrogens (tertiary/aromatic N) is 1. The first-order valence-corrected chi connectivity index (χ1v) is 7.80. The Morgan fingerprint density at radius 3 is 2.68 bits per heavy atom. The average Bonchev–Trinajstić information content (AvgIpc) is 3.25. The van der Waals surface area contributed by atoms with Gasteiger partial charge in [-0.2, -0.15) is 0 Å². The van der Waals surface area contributed by atoms with E-state index in [-0.39, 0.29) is 35.3 Å². The number of aryl methyl sites for hydroxylation is 1. The van der Waals surface area contributed by atoms with E-state index in [2.05, 4.69) is 0 Å². The molecule has 1 aromatic heterocycles. The highest BCUT2D eigenvalue weighted by Gasteiger charge is 2.46. The smallest absolute Gasteiger partial charge is 0.339 e. The number of aromatic carboxylic acids is 1. The minimum atomic E-state index is -1.09. The highest BCUT2D eigenvalue weighted by atomic mass is 19.1. The number of carbonyl (C=O) groups is 2. The van der Waals surface area contributed by atoms with Crippen LogP contribution >= 0.6 is 0 Å². The molecule has 1 amide bonds. The van der Waals surface area contributed by atoms with Gasteiger partial charge in [0.05, 0.1) is 6.54 Å². The number of halogens is 2. The zero-order chi connectivity index (χ0) is 18.3. The van der Waals surface area contributed by atoms with Crippen molar-refractivity contribution in [3.8, 4) is 0 Å². The summed E-state index contributed by atoms with van der Waals surface area (Å²) in [5.74, 6) is -2.46. The molecule has 132 valence electrons. The molecule has 7 heteroatoms. The van der Waals surface area contributed by atoms with Crippen molar-refractivity contribution in [2.45, 2.75) is 25.8 Å². The van der Waals surface area contributed by atoms with Crippen molar-refractivity contribution in [3.63, 3.8) is 0 Å². The van der Waals surface area contributed by atoms with E-state index < -0.39 is 23.5 Å². The van der Waals surface area contributed by atoms with Gasteiger partial charge in [-0.25, -0.2) is 13.6 Å². The molecule has 0 bridgehead atoms. The van der Waals surface area contributed by atoms with E-state index in [1.807, 2.05) is 0 Å². The van der Waals surface area contributed by atoms with Gasteiger partial charge in [-0.1, -0.05) is 0 Å². The lowest BCUT2D eigenvalue weighted by Gasteiger charge is -2.16. The van der Waals surface area contributed by atoms with Crippen molar-refractivity contribution in [1.29, 1.82) is 0 Å². The molecule has 0 saturated heterocycles. The second-order valence-corrected chi connectivity index (χ2v) is 6.30. The van der Waals surface area contributed by atoms with E-state index in [1.54, 1.807) is 14.0 Å². The first-order chi connectivity index (χ1) is 11.8. The van der Waals surface area contributed by atoms with E-state index in [4.69, 9.17) is 9.52 Å². The van der Waals surface area contributed by atoms with Crippen molar-refractivity contribution >= 4 is 11.9 Å². The van der Waals surface area contributed by atoms with Crippen LogP contribution in [0.25, 0.3) is 0 Å². The van der Waals surface area contributed by atoms with Gasteiger partial charge in [0.25, 0.3) is 0 Å². The summed E-state index contributed by atoms with van der Waals surface area (Å²) >= 11 is 0. The summed E-state index contributed by atoms with van der Waals surface area (Å²) in [5, 5.41) is 9.02. The molecular formula is C18H17F2NO4. The summed E-state index contributed by atoms with van der Waals surface area (Å²) < 4.78 is 32.5. The van der Waals surface area contributed by atoms with Crippen LogP contribution in [-0.2, 0) is 11.3 Å². The second kappa shape index (κ2) is 6.31. The third-order valence-corrected chi connectivity index (χ3v) is 4.43. The molecule has 3 rings (SSSR count). The Kier molecular flexibility index (Phi) is 4.32. The monoisotopic (exact) mass is 349 g/mol. The molecule has 1 aliphatic rings. The molecule has 25 heavy (non-hydrogen) atoms. The summed E-state index contributed by atoms with van der Waals surface area (Å²) in [7, 11) is 1.57. The molecule has 2 aromatic rings. The molecule has 1 fully saturated rings. The van der Waals surface area contributed by atoms with Crippen molar-refractivity contribution in [3.05, 3.63) is 58.5 Å². The number of benzene rings is 1. The van der Waals surface area contributed by atoms with E-state index in [0.717, 1.165) is 18.2 Å². The maximum absolute atomic E-state index is 13.8. The van der Waals surface area contributed by atoms with Gasteiger partial charge in [-0.3, -0.25) is 4.79 Å². The van der Waals surface area contributed by atoms with Crippen LogP contribution in [0.5, 0.6) is 0 Å². The highest BCUT2D eigenvalue weighted by molar-refractivity contribution is 5.89. The fourth-order valence-corrected chi connectivity index (χ4v) is 3.04. The van der Waals surface area contributed by atoms with E-state index in [1.165, 1.54) is 11.0 Å². The number of furan rings is 1. The Hall–Kier alpha value is -2.70. The molecule has 0 unspecified atom stereocenters. The molecular weight excluding hydrogens is 332 g/mol. The molecule has 1 heterocycles. The van der Waals surface area contributed by atoms with Gasteiger partial charge in [0.2, 0.25) is 5.91 Å². The maximum Gasteiger partial charge on any atom is 0.339 e. The largest absolute Gasteiger partial charge is 0.478 e. The quantitative estimate of drug-likeness (QED) is 0.899. The molecule has 0 aliphatic heterocycles. The number of carboxylic acids is 1. The van der Waals surface area contributed by atoms with Crippen LogP contribution in [0.2, 0.25) is 0 Å². The van der Waals surface area contributed by atoms with Gasteiger partial charge >= 0.3 is 5.97 Å². The number of hydrogen-bond donors (Lipinski definition) is 1. The topological polar surface area (TPSA) is 70.8 Å². The van der Waals surface area contributed by atoms with E-state index >= 15 is 0 Å². The molecule has 1 aromatic carbocycles. The van der Waals surface area contributed by atoms with Crippen LogP contribution in [0.15, 0.2) is 28.7 Å². The lowest BCUT2D eigenvalue weighted by molar-refractivity contribution is -0.132. The van der Waals surface area contributed by atoms with E-state index in [9.17, 15) is 18.4 Å². The Morgan fingerprint density at radius 2 is 2.04 bits per heavy atom. The van der Waals surface area contributed by atoms with Gasteiger partial charge < -0.3 is 14.4 Å². The minimum absolute atomic E-state index is 0.0574. The zero-order valence-corrected chi connectivity index (χ0v) is 13.8. The van der Waals surface area contributed by atoms with Crippen molar-refractivity contribution in [2.24, 2.45) is 5.92 Å². The van der Waals surface area contributed by atoms with Crippen LogP contribution < -0.4 is 0 Å². The Balaban J connectivity index is 1.67. The summed E-state index contributed by atoms with van der Waals surface area (Å²) in [6, 6.07) is 4.62. The second-order valence-electron chi connectivity index (χ2n) is 6.30. The van der Waals surface area contributed by atoms with Crippen molar-refractivity contribution in [1.82, 2.24) is 4.90 Å². The first-order valence-electron chi connectivity index (χ1n) is 7.80. The molecule has 0 spiro atoms. The number of rotatable bonds is 5. The van der Waals surface area contributed by atoms with Crippen LogP contribution in [0.3, 0.4) is 0 Å². The molecule has 5 nitrogen and oxygen atoms in total. The van der Waals surface area contributed by atoms with Gasteiger partial charge in [-0.05, 0) is 49.1 Å². The molecule has 0 radical (unpaired) electrons. The molecule has 1 aliphatic carbocycles. The van der Waals surface area contributed by atoms with Crippen molar-refractivity contribution < 1.29 is 27.9 Å².